The summed E-state index contributed by atoms with van der Waals surface area (Å²) in [5.74, 6) is 0.189. The van der Waals surface area contributed by atoms with Crippen LogP contribution < -0.4 is 11.1 Å². The van der Waals surface area contributed by atoms with Crippen molar-refractivity contribution >= 4 is 5.84 Å². The molecule has 5 N–H and O–H groups in total. The van der Waals surface area contributed by atoms with Crippen LogP contribution >= 0.6 is 0 Å². The van der Waals surface area contributed by atoms with Crippen molar-refractivity contribution in [2.75, 3.05) is 6.54 Å². The van der Waals surface area contributed by atoms with Crippen LogP contribution in [0.1, 0.15) is 27.2 Å². The van der Waals surface area contributed by atoms with Gasteiger partial charge in [0.15, 0.2) is 0 Å². The molecule has 78 valence electrons. The molecule has 5 heteroatoms. The van der Waals surface area contributed by atoms with Gasteiger partial charge < -0.3 is 21.4 Å². The first-order chi connectivity index (χ1) is 5.90. The lowest BCUT2D eigenvalue weighted by atomic mass is 9.99. The Bertz CT molecular complexity index is 178. The topological polar surface area (TPSA) is 90.9 Å². The maximum Gasteiger partial charge on any atom is 0.140 e. The molecule has 0 aliphatic rings. The smallest absolute Gasteiger partial charge is 0.140 e. The first kappa shape index (κ1) is 12.2. The average Bonchev–Trinajstić information content (AvgIpc) is 2.03. The largest absolute Gasteiger partial charge is 0.409 e. The highest BCUT2D eigenvalue weighted by atomic mass is 16.4. The number of hydrogen-bond acceptors (Lipinski definition) is 4. The Morgan fingerprint density at radius 1 is 1.62 bits per heavy atom. The van der Waals surface area contributed by atoms with Gasteiger partial charge in [0.25, 0.3) is 0 Å². The number of rotatable bonds is 5. The summed E-state index contributed by atoms with van der Waals surface area (Å²) in [4.78, 5) is 0. The molecule has 0 heterocycles. The second kappa shape index (κ2) is 5.04. The number of nitrogens with zero attached hydrogens (tertiary/aromatic N) is 1. The van der Waals surface area contributed by atoms with Gasteiger partial charge in [-0.3, -0.25) is 0 Å². The Balaban J connectivity index is 3.76. The zero-order valence-corrected chi connectivity index (χ0v) is 8.41. The van der Waals surface area contributed by atoms with Crippen molar-refractivity contribution < 1.29 is 10.3 Å². The second-order valence-electron chi connectivity index (χ2n) is 3.67. The number of aliphatic hydroxyl groups excluding tert-OH is 1. The third kappa shape index (κ3) is 4.69. The number of hydrogen-bond donors (Lipinski definition) is 4. The summed E-state index contributed by atoms with van der Waals surface area (Å²) < 4.78 is 0. The van der Waals surface area contributed by atoms with E-state index in [1.807, 2.05) is 13.8 Å². The second-order valence-corrected chi connectivity index (χ2v) is 3.67. The normalized spacial score (nSPS) is 15.8. The van der Waals surface area contributed by atoms with Crippen LogP contribution in [-0.4, -0.2) is 34.3 Å². The van der Waals surface area contributed by atoms with E-state index in [1.54, 1.807) is 6.92 Å². The van der Waals surface area contributed by atoms with Gasteiger partial charge in [0, 0.05) is 18.5 Å². The lowest BCUT2D eigenvalue weighted by molar-refractivity contribution is 0.0976. The van der Waals surface area contributed by atoms with E-state index in [0.717, 1.165) is 0 Å². The SMILES string of the molecule is CC(O)C(C)(C)NCCC(N)=NO. The molecule has 0 saturated carbocycles. The monoisotopic (exact) mass is 189 g/mol. The first-order valence-electron chi connectivity index (χ1n) is 4.29. The van der Waals surface area contributed by atoms with Crippen LogP contribution in [-0.2, 0) is 0 Å². The Labute approximate surface area is 78.6 Å². The molecular weight excluding hydrogens is 170 g/mol. The van der Waals surface area contributed by atoms with E-state index in [-0.39, 0.29) is 11.4 Å². The van der Waals surface area contributed by atoms with E-state index in [1.165, 1.54) is 0 Å². The van der Waals surface area contributed by atoms with Crippen molar-refractivity contribution in [3.8, 4) is 0 Å². The number of nitrogens with one attached hydrogen (secondary N) is 1. The van der Waals surface area contributed by atoms with Crippen molar-refractivity contribution in [3.63, 3.8) is 0 Å². The maximum absolute atomic E-state index is 9.33. The van der Waals surface area contributed by atoms with Gasteiger partial charge in [0.05, 0.1) is 6.10 Å². The van der Waals surface area contributed by atoms with E-state index in [2.05, 4.69) is 10.5 Å². The van der Waals surface area contributed by atoms with Crippen LogP contribution in [0.15, 0.2) is 5.16 Å². The fourth-order valence-corrected chi connectivity index (χ4v) is 0.710. The predicted octanol–water partition coefficient (Wildman–Crippen LogP) is -0.128. The van der Waals surface area contributed by atoms with Crippen molar-refractivity contribution in [2.45, 2.75) is 38.8 Å². The number of oxime groups is 1. The van der Waals surface area contributed by atoms with Gasteiger partial charge in [-0.1, -0.05) is 5.16 Å². The standard InChI is InChI=1S/C8H19N3O2/c1-6(12)8(2,3)10-5-4-7(9)11-13/h6,10,12-13H,4-5H2,1-3H3,(H2,9,11). The quantitative estimate of drug-likeness (QED) is 0.210. The molecule has 13 heavy (non-hydrogen) atoms. The first-order valence-corrected chi connectivity index (χ1v) is 4.29. The van der Waals surface area contributed by atoms with Crippen LogP contribution in [0.3, 0.4) is 0 Å². The van der Waals surface area contributed by atoms with Crippen LogP contribution in [0.25, 0.3) is 0 Å². The van der Waals surface area contributed by atoms with Crippen molar-refractivity contribution in [2.24, 2.45) is 10.9 Å². The fourth-order valence-electron chi connectivity index (χ4n) is 0.710. The molecule has 1 unspecified atom stereocenters. The van der Waals surface area contributed by atoms with Gasteiger partial charge in [-0.25, -0.2) is 0 Å². The molecule has 0 rings (SSSR count). The van der Waals surface area contributed by atoms with E-state index >= 15 is 0 Å². The van der Waals surface area contributed by atoms with Gasteiger partial charge in [-0.05, 0) is 20.8 Å². The lowest BCUT2D eigenvalue weighted by Gasteiger charge is -2.29. The third-order valence-corrected chi connectivity index (χ3v) is 2.13. The predicted molar refractivity (Wildman–Crippen MR) is 51.8 cm³/mol. The highest BCUT2D eigenvalue weighted by Crippen LogP contribution is 2.07. The highest BCUT2D eigenvalue weighted by molar-refractivity contribution is 5.79. The van der Waals surface area contributed by atoms with Gasteiger partial charge >= 0.3 is 0 Å². The van der Waals surface area contributed by atoms with Crippen LogP contribution in [0.2, 0.25) is 0 Å². The van der Waals surface area contributed by atoms with Gasteiger partial charge in [-0.15, -0.1) is 0 Å². The molecule has 0 aromatic rings. The number of aliphatic hydroxyl groups is 1. The summed E-state index contributed by atoms with van der Waals surface area (Å²) in [5, 5.41) is 23.5. The van der Waals surface area contributed by atoms with E-state index in [0.29, 0.717) is 13.0 Å². The molecule has 1 atom stereocenters. The van der Waals surface area contributed by atoms with Crippen molar-refractivity contribution in [3.05, 3.63) is 0 Å². The van der Waals surface area contributed by atoms with Crippen molar-refractivity contribution in [1.82, 2.24) is 5.32 Å². The summed E-state index contributed by atoms with van der Waals surface area (Å²) in [6, 6.07) is 0. The molecule has 5 nitrogen and oxygen atoms in total. The Hall–Kier alpha value is -0.810. The van der Waals surface area contributed by atoms with Gasteiger partial charge in [-0.2, -0.15) is 0 Å². The summed E-state index contributed by atoms with van der Waals surface area (Å²) in [5.41, 5.74) is 4.92. The molecule has 0 fully saturated rings. The average molecular weight is 189 g/mol. The zero-order chi connectivity index (χ0) is 10.5. The van der Waals surface area contributed by atoms with Crippen LogP contribution in [0.4, 0.5) is 0 Å². The van der Waals surface area contributed by atoms with E-state index < -0.39 is 6.10 Å². The third-order valence-electron chi connectivity index (χ3n) is 2.13. The van der Waals surface area contributed by atoms with Crippen LogP contribution in [0.5, 0.6) is 0 Å². The van der Waals surface area contributed by atoms with Gasteiger partial charge in [0.1, 0.15) is 5.84 Å². The minimum Gasteiger partial charge on any atom is -0.409 e. The molecule has 0 amide bonds. The Morgan fingerprint density at radius 3 is 2.54 bits per heavy atom. The zero-order valence-electron chi connectivity index (χ0n) is 8.41. The fraction of sp³-hybridized carbons (Fsp3) is 0.875. The molecule has 0 saturated heterocycles. The Kier molecular flexibility index (Phi) is 4.72. The molecule has 0 spiro atoms. The van der Waals surface area contributed by atoms with Crippen molar-refractivity contribution in [1.29, 1.82) is 0 Å². The summed E-state index contributed by atoms with van der Waals surface area (Å²) in [7, 11) is 0. The molecule has 0 aliphatic heterocycles. The molecular formula is C8H19N3O2. The molecule has 0 bridgehead atoms. The summed E-state index contributed by atoms with van der Waals surface area (Å²) >= 11 is 0. The summed E-state index contributed by atoms with van der Waals surface area (Å²) in [6.07, 6.45) is 0.0203. The minimum atomic E-state index is -0.445. The van der Waals surface area contributed by atoms with E-state index in [4.69, 9.17) is 10.9 Å². The van der Waals surface area contributed by atoms with E-state index in [9.17, 15) is 5.11 Å². The molecule has 0 aliphatic carbocycles. The molecule has 0 aromatic heterocycles. The number of nitrogens with two attached hydrogens (primary N) is 1. The molecule has 0 aromatic carbocycles. The van der Waals surface area contributed by atoms with Gasteiger partial charge in [0.2, 0.25) is 0 Å². The number of amidine groups is 1. The summed E-state index contributed by atoms with van der Waals surface area (Å²) in [6.45, 7) is 6.08. The molecule has 0 radical (unpaired) electrons. The lowest BCUT2D eigenvalue weighted by Crippen LogP contribution is -2.49. The van der Waals surface area contributed by atoms with Crippen LogP contribution in [0, 0.1) is 0 Å². The highest BCUT2D eigenvalue weighted by Gasteiger charge is 2.22. The minimum absolute atomic E-state index is 0.189. The maximum atomic E-state index is 9.33. The Morgan fingerprint density at radius 2 is 2.15 bits per heavy atom.